The number of amides is 2. The second kappa shape index (κ2) is 7.35. The number of hydrogen-bond donors (Lipinski definition) is 2. The number of halogens is 1. The van der Waals surface area contributed by atoms with Gasteiger partial charge >= 0.3 is 0 Å². The van der Waals surface area contributed by atoms with Crippen molar-refractivity contribution in [2.24, 2.45) is 0 Å². The second-order valence-electron chi connectivity index (χ2n) is 5.40. The quantitative estimate of drug-likeness (QED) is 0.834. The lowest BCUT2D eigenvalue weighted by Gasteiger charge is -2.26. The molecule has 6 heteroatoms. The van der Waals surface area contributed by atoms with E-state index in [9.17, 15) is 19.1 Å². The number of hydrogen-bond acceptors (Lipinski definition) is 3. The predicted molar refractivity (Wildman–Crippen MR) is 79.4 cm³/mol. The van der Waals surface area contributed by atoms with Crippen molar-refractivity contribution in [1.29, 1.82) is 0 Å². The van der Waals surface area contributed by atoms with Crippen LogP contribution in [0.15, 0.2) is 24.3 Å². The molecule has 0 bridgehead atoms. The Bertz CT molecular complexity index is 550. The molecule has 1 aliphatic heterocycles. The van der Waals surface area contributed by atoms with Gasteiger partial charge in [0.2, 0.25) is 11.8 Å². The third-order valence-electron chi connectivity index (χ3n) is 3.91. The van der Waals surface area contributed by atoms with E-state index in [0.717, 1.165) is 6.42 Å². The number of carbonyl (C=O) groups is 2. The number of aliphatic hydroxyl groups is 1. The van der Waals surface area contributed by atoms with Gasteiger partial charge in [-0.05, 0) is 18.9 Å². The van der Waals surface area contributed by atoms with Crippen LogP contribution in [-0.4, -0.2) is 41.0 Å². The largest absolute Gasteiger partial charge is 0.386 e. The number of likely N-dealkylation sites (tertiary alicyclic amines) is 1. The number of aliphatic hydroxyl groups excluding tert-OH is 1. The SMILES string of the molecule is CCC(C(=O)NCC(O)c1ccccc1F)N1CCCC1=O. The normalized spacial score (nSPS) is 17.4. The monoisotopic (exact) mass is 308 g/mol. The first-order valence-corrected chi connectivity index (χ1v) is 7.54. The van der Waals surface area contributed by atoms with Crippen molar-refractivity contribution in [3.8, 4) is 0 Å². The maximum Gasteiger partial charge on any atom is 0.242 e. The smallest absolute Gasteiger partial charge is 0.242 e. The number of carbonyl (C=O) groups excluding carboxylic acids is 2. The van der Waals surface area contributed by atoms with Gasteiger partial charge in [-0.15, -0.1) is 0 Å². The van der Waals surface area contributed by atoms with E-state index in [0.29, 0.717) is 19.4 Å². The van der Waals surface area contributed by atoms with Crippen LogP contribution in [0.3, 0.4) is 0 Å². The molecule has 5 nitrogen and oxygen atoms in total. The summed E-state index contributed by atoms with van der Waals surface area (Å²) in [7, 11) is 0. The zero-order valence-corrected chi connectivity index (χ0v) is 12.6. The molecular formula is C16H21FN2O3. The Balaban J connectivity index is 1.94. The summed E-state index contributed by atoms with van der Waals surface area (Å²) in [5.41, 5.74) is 0.146. The maximum absolute atomic E-state index is 13.6. The van der Waals surface area contributed by atoms with Gasteiger partial charge in [-0.1, -0.05) is 25.1 Å². The maximum atomic E-state index is 13.6. The molecule has 120 valence electrons. The summed E-state index contributed by atoms with van der Waals surface area (Å²) in [6.07, 6.45) is 0.632. The molecule has 0 saturated carbocycles. The van der Waals surface area contributed by atoms with Crippen molar-refractivity contribution in [2.75, 3.05) is 13.1 Å². The van der Waals surface area contributed by atoms with Gasteiger partial charge in [-0.2, -0.15) is 0 Å². The molecule has 2 unspecified atom stereocenters. The van der Waals surface area contributed by atoms with Crippen LogP contribution in [0.1, 0.15) is 37.9 Å². The van der Waals surface area contributed by atoms with E-state index >= 15 is 0 Å². The van der Waals surface area contributed by atoms with E-state index < -0.39 is 18.0 Å². The summed E-state index contributed by atoms with van der Waals surface area (Å²) >= 11 is 0. The summed E-state index contributed by atoms with van der Waals surface area (Å²) < 4.78 is 13.6. The Hall–Kier alpha value is -1.95. The molecular weight excluding hydrogens is 287 g/mol. The zero-order valence-electron chi connectivity index (χ0n) is 12.6. The van der Waals surface area contributed by atoms with E-state index in [2.05, 4.69) is 5.32 Å². The minimum Gasteiger partial charge on any atom is -0.386 e. The van der Waals surface area contributed by atoms with E-state index in [1.807, 2.05) is 6.92 Å². The molecule has 2 rings (SSSR count). The van der Waals surface area contributed by atoms with Crippen molar-refractivity contribution < 1.29 is 19.1 Å². The molecule has 0 spiro atoms. The molecule has 2 N–H and O–H groups in total. The van der Waals surface area contributed by atoms with Crippen LogP contribution in [0, 0.1) is 5.82 Å². The summed E-state index contributed by atoms with van der Waals surface area (Å²) in [5.74, 6) is -0.837. The Morgan fingerprint density at radius 1 is 1.45 bits per heavy atom. The lowest BCUT2D eigenvalue weighted by Crippen LogP contribution is -2.48. The van der Waals surface area contributed by atoms with Crippen LogP contribution in [0.2, 0.25) is 0 Å². The predicted octanol–water partition coefficient (Wildman–Crippen LogP) is 1.38. The molecule has 1 fully saturated rings. The Morgan fingerprint density at radius 3 is 2.77 bits per heavy atom. The van der Waals surface area contributed by atoms with Gasteiger partial charge in [0.15, 0.2) is 0 Å². The van der Waals surface area contributed by atoms with E-state index in [1.165, 1.54) is 18.2 Å². The highest BCUT2D eigenvalue weighted by Crippen LogP contribution is 2.18. The summed E-state index contributed by atoms with van der Waals surface area (Å²) in [5, 5.41) is 12.6. The minimum absolute atomic E-state index is 0.0170. The van der Waals surface area contributed by atoms with Crippen molar-refractivity contribution >= 4 is 11.8 Å². The summed E-state index contributed by atoms with van der Waals surface area (Å²) in [4.78, 5) is 25.5. The molecule has 1 aromatic carbocycles. The van der Waals surface area contributed by atoms with Gasteiger partial charge < -0.3 is 15.3 Å². The highest BCUT2D eigenvalue weighted by Gasteiger charge is 2.31. The standard InChI is InChI=1S/C16H21FN2O3/c1-2-13(19-9-5-8-15(19)21)16(22)18-10-14(20)11-6-3-4-7-12(11)17/h3-4,6-7,13-14,20H,2,5,8-10H2,1H3,(H,18,22). The number of nitrogens with zero attached hydrogens (tertiary/aromatic N) is 1. The van der Waals surface area contributed by atoms with Gasteiger partial charge in [0, 0.05) is 25.1 Å². The van der Waals surface area contributed by atoms with Crippen LogP contribution in [0.25, 0.3) is 0 Å². The molecule has 0 aromatic heterocycles. The average Bonchev–Trinajstić information content (AvgIpc) is 2.92. The average molecular weight is 308 g/mol. The van der Waals surface area contributed by atoms with Crippen LogP contribution in [0.5, 0.6) is 0 Å². The van der Waals surface area contributed by atoms with Crippen molar-refractivity contribution in [3.05, 3.63) is 35.6 Å². The van der Waals surface area contributed by atoms with Gasteiger partial charge in [0.1, 0.15) is 11.9 Å². The first kappa shape index (κ1) is 16.4. The number of rotatable bonds is 6. The van der Waals surface area contributed by atoms with Gasteiger partial charge in [-0.25, -0.2) is 4.39 Å². The molecule has 0 aliphatic carbocycles. The molecule has 0 radical (unpaired) electrons. The topological polar surface area (TPSA) is 69.6 Å². The molecule has 1 aromatic rings. The Kier molecular flexibility index (Phi) is 5.49. The van der Waals surface area contributed by atoms with Gasteiger partial charge in [0.05, 0.1) is 6.10 Å². The molecule has 1 saturated heterocycles. The Morgan fingerprint density at radius 2 is 2.18 bits per heavy atom. The number of benzene rings is 1. The summed E-state index contributed by atoms with van der Waals surface area (Å²) in [6, 6.07) is 5.38. The van der Waals surface area contributed by atoms with Crippen LogP contribution >= 0.6 is 0 Å². The zero-order chi connectivity index (χ0) is 16.1. The van der Waals surface area contributed by atoms with E-state index in [4.69, 9.17) is 0 Å². The third kappa shape index (κ3) is 3.62. The van der Waals surface area contributed by atoms with Crippen molar-refractivity contribution in [3.63, 3.8) is 0 Å². The fourth-order valence-corrected chi connectivity index (χ4v) is 2.72. The van der Waals surface area contributed by atoms with Gasteiger partial charge in [0.25, 0.3) is 0 Å². The summed E-state index contributed by atoms with van der Waals surface area (Å²) in [6.45, 7) is 2.34. The molecule has 1 aliphatic rings. The third-order valence-corrected chi connectivity index (χ3v) is 3.91. The fraction of sp³-hybridized carbons (Fsp3) is 0.500. The van der Waals surface area contributed by atoms with Crippen molar-refractivity contribution in [2.45, 2.75) is 38.3 Å². The molecule has 2 atom stereocenters. The fourth-order valence-electron chi connectivity index (χ4n) is 2.72. The van der Waals surface area contributed by atoms with E-state index in [1.54, 1.807) is 11.0 Å². The Labute approximate surface area is 129 Å². The highest BCUT2D eigenvalue weighted by atomic mass is 19.1. The minimum atomic E-state index is -1.11. The van der Waals surface area contributed by atoms with E-state index in [-0.39, 0.29) is 23.9 Å². The van der Waals surface area contributed by atoms with Crippen LogP contribution in [0.4, 0.5) is 4.39 Å². The molecule has 22 heavy (non-hydrogen) atoms. The highest BCUT2D eigenvalue weighted by molar-refractivity contribution is 5.88. The number of nitrogens with one attached hydrogen (secondary N) is 1. The van der Waals surface area contributed by atoms with Crippen molar-refractivity contribution in [1.82, 2.24) is 10.2 Å². The first-order chi connectivity index (χ1) is 10.5. The van der Waals surface area contributed by atoms with Crippen LogP contribution in [-0.2, 0) is 9.59 Å². The van der Waals surface area contributed by atoms with Crippen LogP contribution < -0.4 is 5.32 Å². The second-order valence-corrected chi connectivity index (χ2v) is 5.40. The van der Waals surface area contributed by atoms with Gasteiger partial charge in [-0.3, -0.25) is 9.59 Å². The first-order valence-electron chi connectivity index (χ1n) is 7.54. The molecule has 2 amide bonds. The lowest BCUT2D eigenvalue weighted by molar-refractivity contribution is -0.137. The lowest BCUT2D eigenvalue weighted by atomic mass is 10.1. The molecule has 1 heterocycles.